The highest BCUT2D eigenvalue weighted by Gasteiger charge is 2.02. The fourth-order valence-electron chi connectivity index (χ4n) is 1.80. The zero-order chi connectivity index (χ0) is 10.7. The van der Waals surface area contributed by atoms with Gasteiger partial charge in [-0.1, -0.05) is 42.5 Å². The quantitative estimate of drug-likeness (QED) is 0.711. The Morgan fingerprint density at radius 2 is 1.73 bits per heavy atom. The van der Waals surface area contributed by atoms with E-state index in [9.17, 15) is 0 Å². The maximum absolute atomic E-state index is 5.34. The number of rotatable bonds is 2. The molecule has 0 saturated carbocycles. The van der Waals surface area contributed by atoms with Crippen molar-refractivity contribution < 1.29 is 4.74 Å². The van der Waals surface area contributed by atoms with Crippen molar-refractivity contribution in [3.8, 4) is 5.75 Å². The van der Waals surface area contributed by atoms with Crippen LogP contribution in [0.1, 0.15) is 12.5 Å². The van der Waals surface area contributed by atoms with Crippen LogP contribution in [0.15, 0.2) is 42.5 Å². The fourth-order valence-corrected chi connectivity index (χ4v) is 1.80. The summed E-state index contributed by atoms with van der Waals surface area (Å²) in [6, 6.07) is 12.4. The largest absolute Gasteiger partial charge is 0.496 e. The summed E-state index contributed by atoms with van der Waals surface area (Å²) < 4.78 is 5.34. The Labute approximate surface area is 90.0 Å². The molecule has 0 spiro atoms. The number of hydrogen-bond donors (Lipinski definition) is 0. The van der Waals surface area contributed by atoms with Crippen LogP contribution in [-0.2, 0) is 0 Å². The van der Waals surface area contributed by atoms with Crippen molar-refractivity contribution in [2.45, 2.75) is 6.92 Å². The first-order chi connectivity index (χ1) is 7.36. The van der Waals surface area contributed by atoms with Crippen LogP contribution < -0.4 is 4.74 Å². The standard InChI is InChI=1S/C14H14O/c1-3-6-11-9-10-14(15-2)13-8-5-4-7-12(11)13/h3-10H,1-2H3/b6-3+. The molecule has 76 valence electrons. The lowest BCUT2D eigenvalue weighted by molar-refractivity contribution is 0.420. The maximum Gasteiger partial charge on any atom is 0.126 e. The first-order valence-electron chi connectivity index (χ1n) is 5.05. The van der Waals surface area contributed by atoms with Crippen LogP contribution in [0.5, 0.6) is 5.75 Å². The van der Waals surface area contributed by atoms with E-state index in [1.807, 2.05) is 25.1 Å². The van der Waals surface area contributed by atoms with Crippen LogP contribution in [0, 0.1) is 0 Å². The Bertz CT molecular complexity index is 498. The second-order valence-electron chi connectivity index (χ2n) is 3.40. The van der Waals surface area contributed by atoms with E-state index < -0.39 is 0 Å². The van der Waals surface area contributed by atoms with E-state index in [2.05, 4.69) is 30.3 Å². The molecule has 0 saturated heterocycles. The Hall–Kier alpha value is -1.76. The summed E-state index contributed by atoms with van der Waals surface area (Å²) in [7, 11) is 1.71. The molecule has 1 nitrogen and oxygen atoms in total. The van der Waals surface area contributed by atoms with Crippen LogP contribution in [0.4, 0.5) is 0 Å². The number of fused-ring (bicyclic) bond motifs is 1. The molecular weight excluding hydrogens is 184 g/mol. The molecule has 2 rings (SSSR count). The van der Waals surface area contributed by atoms with Crippen LogP contribution in [0.2, 0.25) is 0 Å². The van der Waals surface area contributed by atoms with Gasteiger partial charge in [-0.2, -0.15) is 0 Å². The van der Waals surface area contributed by atoms with Crippen molar-refractivity contribution in [3.05, 3.63) is 48.0 Å². The molecule has 1 heteroatoms. The average Bonchev–Trinajstić information content (AvgIpc) is 2.30. The molecule has 0 bridgehead atoms. The minimum atomic E-state index is 0.929. The fraction of sp³-hybridized carbons (Fsp3) is 0.143. The molecular formula is C14H14O. The minimum absolute atomic E-state index is 0.929. The van der Waals surface area contributed by atoms with Gasteiger partial charge in [0.05, 0.1) is 7.11 Å². The lowest BCUT2D eigenvalue weighted by Gasteiger charge is -2.07. The molecule has 0 amide bonds. The Morgan fingerprint density at radius 1 is 1.00 bits per heavy atom. The van der Waals surface area contributed by atoms with Crippen molar-refractivity contribution in [1.29, 1.82) is 0 Å². The zero-order valence-electron chi connectivity index (χ0n) is 9.03. The van der Waals surface area contributed by atoms with Gasteiger partial charge in [-0.15, -0.1) is 0 Å². The third kappa shape index (κ3) is 1.73. The third-order valence-electron chi connectivity index (χ3n) is 2.48. The summed E-state index contributed by atoms with van der Waals surface area (Å²) in [5, 5.41) is 2.39. The molecule has 0 heterocycles. The molecule has 0 fully saturated rings. The van der Waals surface area contributed by atoms with E-state index in [0.29, 0.717) is 0 Å². The number of benzene rings is 2. The van der Waals surface area contributed by atoms with Crippen LogP contribution in [0.3, 0.4) is 0 Å². The number of ether oxygens (including phenoxy) is 1. The van der Waals surface area contributed by atoms with Gasteiger partial charge < -0.3 is 4.74 Å². The predicted octanol–water partition coefficient (Wildman–Crippen LogP) is 3.88. The SMILES string of the molecule is C/C=C/c1ccc(OC)c2ccccc12. The first-order valence-corrected chi connectivity index (χ1v) is 5.05. The lowest BCUT2D eigenvalue weighted by atomic mass is 10.0. The third-order valence-corrected chi connectivity index (χ3v) is 2.48. The minimum Gasteiger partial charge on any atom is -0.496 e. The highest BCUT2D eigenvalue weighted by molar-refractivity contribution is 5.94. The Balaban J connectivity index is 2.77. The van der Waals surface area contributed by atoms with E-state index >= 15 is 0 Å². The van der Waals surface area contributed by atoms with E-state index in [-0.39, 0.29) is 0 Å². The monoisotopic (exact) mass is 198 g/mol. The molecule has 2 aromatic carbocycles. The Kier molecular flexibility index (Phi) is 2.72. The smallest absolute Gasteiger partial charge is 0.126 e. The normalized spacial score (nSPS) is 11.1. The van der Waals surface area contributed by atoms with E-state index in [4.69, 9.17) is 4.74 Å². The van der Waals surface area contributed by atoms with Crippen LogP contribution >= 0.6 is 0 Å². The molecule has 0 aliphatic carbocycles. The molecule has 0 aromatic heterocycles. The van der Waals surface area contributed by atoms with Crippen molar-refractivity contribution in [1.82, 2.24) is 0 Å². The van der Waals surface area contributed by atoms with Crippen molar-refractivity contribution in [3.63, 3.8) is 0 Å². The molecule has 0 atom stereocenters. The molecule has 0 unspecified atom stereocenters. The second kappa shape index (κ2) is 4.18. The molecule has 0 N–H and O–H groups in total. The number of hydrogen-bond acceptors (Lipinski definition) is 1. The summed E-state index contributed by atoms with van der Waals surface area (Å²) in [4.78, 5) is 0. The maximum atomic E-state index is 5.34. The van der Waals surface area contributed by atoms with Crippen LogP contribution in [0.25, 0.3) is 16.8 Å². The summed E-state index contributed by atoms with van der Waals surface area (Å²) >= 11 is 0. The molecule has 2 aromatic rings. The van der Waals surface area contributed by atoms with Crippen LogP contribution in [-0.4, -0.2) is 7.11 Å². The summed E-state index contributed by atoms with van der Waals surface area (Å²) in [5.74, 6) is 0.929. The molecule has 0 aliphatic heterocycles. The summed E-state index contributed by atoms with van der Waals surface area (Å²) in [6.45, 7) is 2.03. The van der Waals surface area contributed by atoms with Crippen molar-refractivity contribution in [2.75, 3.05) is 7.11 Å². The van der Waals surface area contributed by atoms with Gasteiger partial charge in [0.25, 0.3) is 0 Å². The van der Waals surface area contributed by atoms with Gasteiger partial charge in [-0.05, 0) is 23.9 Å². The van der Waals surface area contributed by atoms with E-state index in [0.717, 1.165) is 11.1 Å². The highest BCUT2D eigenvalue weighted by atomic mass is 16.5. The highest BCUT2D eigenvalue weighted by Crippen LogP contribution is 2.28. The van der Waals surface area contributed by atoms with E-state index in [1.165, 1.54) is 10.9 Å². The van der Waals surface area contributed by atoms with Gasteiger partial charge in [-0.3, -0.25) is 0 Å². The predicted molar refractivity (Wildman–Crippen MR) is 65.2 cm³/mol. The Morgan fingerprint density at radius 3 is 2.40 bits per heavy atom. The second-order valence-corrected chi connectivity index (χ2v) is 3.40. The van der Waals surface area contributed by atoms with Gasteiger partial charge in [-0.25, -0.2) is 0 Å². The molecule has 15 heavy (non-hydrogen) atoms. The lowest BCUT2D eigenvalue weighted by Crippen LogP contribution is -1.86. The number of allylic oxidation sites excluding steroid dienone is 1. The molecule has 0 aliphatic rings. The number of methoxy groups -OCH3 is 1. The van der Waals surface area contributed by atoms with Gasteiger partial charge >= 0.3 is 0 Å². The first kappa shape index (κ1) is 9.78. The summed E-state index contributed by atoms with van der Waals surface area (Å²) in [6.07, 6.45) is 4.16. The van der Waals surface area contributed by atoms with Gasteiger partial charge in [0.2, 0.25) is 0 Å². The van der Waals surface area contributed by atoms with E-state index in [1.54, 1.807) is 7.11 Å². The van der Waals surface area contributed by atoms with Gasteiger partial charge in [0, 0.05) is 5.39 Å². The summed E-state index contributed by atoms with van der Waals surface area (Å²) in [5.41, 5.74) is 1.23. The van der Waals surface area contributed by atoms with Crippen molar-refractivity contribution >= 4 is 16.8 Å². The van der Waals surface area contributed by atoms with Gasteiger partial charge in [0.15, 0.2) is 0 Å². The van der Waals surface area contributed by atoms with Crippen molar-refractivity contribution in [2.24, 2.45) is 0 Å². The zero-order valence-corrected chi connectivity index (χ0v) is 9.03. The average molecular weight is 198 g/mol. The topological polar surface area (TPSA) is 9.23 Å². The molecule has 0 radical (unpaired) electrons. The van der Waals surface area contributed by atoms with Gasteiger partial charge in [0.1, 0.15) is 5.75 Å².